The molecule has 2 atom stereocenters. The molecule has 3 heterocycles. The van der Waals surface area contributed by atoms with Gasteiger partial charge >= 0.3 is 0 Å². The summed E-state index contributed by atoms with van der Waals surface area (Å²) < 4.78 is 0.665. The molecule has 1 fully saturated rings. The molecular weight excluding hydrogens is 468 g/mol. The average molecular weight is 487 g/mol. The van der Waals surface area contributed by atoms with E-state index in [1.54, 1.807) is 0 Å². The summed E-state index contributed by atoms with van der Waals surface area (Å²) in [7, 11) is 0. The number of Topliss-reactive ketones (excluding diaryl/α,β-unsaturated/α-hetero) is 1. The van der Waals surface area contributed by atoms with Crippen LogP contribution in [0.5, 0.6) is 0 Å². The van der Waals surface area contributed by atoms with Crippen molar-refractivity contribution >= 4 is 50.7 Å². The fourth-order valence-electron chi connectivity index (χ4n) is 3.63. The topological polar surface area (TPSA) is 59.1 Å². The van der Waals surface area contributed by atoms with E-state index in [-0.39, 0.29) is 18.1 Å². The van der Waals surface area contributed by atoms with E-state index in [1.807, 2.05) is 61.0 Å². The number of hydrogen-bond acceptors (Lipinski definition) is 5. The molecule has 0 radical (unpaired) electrons. The molecule has 1 N–H and O–H groups in total. The lowest BCUT2D eigenvalue weighted by Crippen LogP contribution is -2.58. The summed E-state index contributed by atoms with van der Waals surface area (Å²) in [6, 6.07) is 13.5. The predicted molar refractivity (Wildman–Crippen MR) is 120 cm³/mol. The SMILES string of the molecule is Cc1ccc(SC2C(=O)CC(c3ccsc3)(c3cccc(Br)n3)NC2=O)c(C)c1. The Kier molecular flexibility index (Phi) is 5.64. The third-order valence-corrected chi connectivity index (χ3v) is 7.60. The molecule has 1 aliphatic rings. The van der Waals surface area contributed by atoms with E-state index < -0.39 is 10.8 Å². The quantitative estimate of drug-likeness (QED) is 0.415. The van der Waals surface area contributed by atoms with Gasteiger partial charge in [0.05, 0.1) is 5.69 Å². The zero-order valence-corrected chi connectivity index (χ0v) is 19.2. The largest absolute Gasteiger partial charge is 0.339 e. The van der Waals surface area contributed by atoms with Gasteiger partial charge in [-0.25, -0.2) is 4.98 Å². The number of carbonyl (C=O) groups excluding carboxylic acids is 2. The lowest BCUT2D eigenvalue weighted by Gasteiger charge is -2.39. The molecule has 148 valence electrons. The Balaban J connectivity index is 1.70. The molecule has 0 bridgehead atoms. The summed E-state index contributed by atoms with van der Waals surface area (Å²) in [6.07, 6.45) is 0.168. The van der Waals surface area contributed by atoms with Crippen molar-refractivity contribution in [3.8, 4) is 0 Å². The summed E-state index contributed by atoms with van der Waals surface area (Å²) in [5, 5.41) is 6.29. The molecule has 1 amide bonds. The van der Waals surface area contributed by atoms with Crippen LogP contribution in [0.15, 0.2) is 62.7 Å². The number of amides is 1. The summed E-state index contributed by atoms with van der Waals surface area (Å²) in [5.41, 5.74) is 2.81. The highest BCUT2D eigenvalue weighted by Crippen LogP contribution is 2.40. The van der Waals surface area contributed by atoms with Crippen LogP contribution in [-0.2, 0) is 15.1 Å². The number of rotatable bonds is 4. The fraction of sp³-hybridized carbons (Fsp3) is 0.227. The van der Waals surface area contributed by atoms with Crippen LogP contribution in [0, 0.1) is 13.8 Å². The molecule has 3 aromatic rings. The van der Waals surface area contributed by atoms with Crippen LogP contribution in [0.1, 0.15) is 28.8 Å². The second-order valence-electron chi connectivity index (χ2n) is 7.16. The Morgan fingerprint density at radius 2 is 2.03 bits per heavy atom. The molecule has 4 rings (SSSR count). The van der Waals surface area contributed by atoms with Gasteiger partial charge in [0.2, 0.25) is 5.91 Å². The van der Waals surface area contributed by atoms with Crippen LogP contribution in [0.2, 0.25) is 0 Å². The molecule has 29 heavy (non-hydrogen) atoms. The van der Waals surface area contributed by atoms with Crippen LogP contribution in [0.3, 0.4) is 0 Å². The monoisotopic (exact) mass is 486 g/mol. The zero-order chi connectivity index (χ0) is 20.6. The highest BCUT2D eigenvalue weighted by molar-refractivity contribution is 9.10. The van der Waals surface area contributed by atoms with Crippen molar-refractivity contribution in [2.75, 3.05) is 0 Å². The summed E-state index contributed by atoms with van der Waals surface area (Å²) >= 11 is 6.26. The van der Waals surface area contributed by atoms with Crippen LogP contribution in [0.25, 0.3) is 0 Å². The van der Waals surface area contributed by atoms with Crippen molar-refractivity contribution in [3.63, 3.8) is 0 Å². The molecule has 0 spiro atoms. The molecule has 1 aliphatic heterocycles. The highest BCUT2D eigenvalue weighted by atomic mass is 79.9. The molecule has 0 aliphatic carbocycles. The van der Waals surface area contributed by atoms with E-state index in [9.17, 15) is 9.59 Å². The minimum absolute atomic E-state index is 0.0910. The Labute approximate surface area is 186 Å². The van der Waals surface area contributed by atoms with E-state index in [0.29, 0.717) is 10.3 Å². The first-order chi connectivity index (χ1) is 13.9. The van der Waals surface area contributed by atoms with Gasteiger partial charge in [-0.3, -0.25) is 9.59 Å². The average Bonchev–Trinajstić information content (AvgIpc) is 3.21. The van der Waals surface area contributed by atoms with Crippen LogP contribution in [0.4, 0.5) is 0 Å². The third kappa shape index (κ3) is 3.91. The number of thiophene rings is 1. The first-order valence-corrected chi connectivity index (χ1v) is 11.7. The Hall–Kier alpha value is -1.96. The second kappa shape index (κ2) is 8.05. The first kappa shape index (κ1) is 20.3. The number of carbonyl (C=O) groups is 2. The number of hydrogen-bond donors (Lipinski definition) is 1. The molecule has 4 nitrogen and oxygen atoms in total. The van der Waals surface area contributed by atoms with E-state index in [0.717, 1.165) is 21.6 Å². The predicted octanol–water partition coefficient (Wildman–Crippen LogP) is 5.02. The van der Waals surface area contributed by atoms with Gasteiger partial charge < -0.3 is 5.32 Å². The van der Waals surface area contributed by atoms with Gasteiger partial charge in [0, 0.05) is 11.3 Å². The van der Waals surface area contributed by atoms with Gasteiger partial charge in [0.1, 0.15) is 15.4 Å². The zero-order valence-electron chi connectivity index (χ0n) is 15.9. The maximum absolute atomic E-state index is 13.2. The van der Waals surface area contributed by atoms with Crippen molar-refractivity contribution in [2.45, 2.75) is 36.0 Å². The number of pyridine rings is 1. The van der Waals surface area contributed by atoms with Gasteiger partial charge in [-0.05, 0) is 75.9 Å². The lowest BCUT2D eigenvalue weighted by molar-refractivity contribution is -0.133. The number of thioether (sulfide) groups is 1. The lowest BCUT2D eigenvalue weighted by atomic mass is 9.79. The van der Waals surface area contributed by atoms with E-state index >= 15 is 0 Å². The number of nitrogens with zero attached hydrogens (tertiary/aromatic N) is 1. The van der Waals surface area contributed by atoms with Gasteiger partial charge in [0.15, 0.2) is 5.78 Å². The van der Waals surface area contributed by atoms with Gasteiger partial charge in [-0.15, -0.1) is 11.8 Å². The Bertz CT molecular complexity index is 1060. The minimum Gasteiger partial charge on any atom is -0.339 e. The van der Waals surface area contributed by atoms with Crippen molar-refractivity contribution < 1.29 is 9.59 Å². The molecule has 7 heteroatoms. The number of aromatic nitrogens is 1. The maximum atomic E-state index is 13.2. The fourth-order valence-corrected chi connectivity index (χ4v) is 5.73. The Morgan fingerprint density at radius 3 is 2.69 bits per heavy atom. The highest BCUT2D eigenvalue weighted by Gasteiger charge is 2.48. The van der Waals surface area contributed by atoms with Crippen molar-refractivity contribution in [1.82, 2.24) is 10.3 Å². The third-order valence-electron chi connectivity index (χ3n) is 5.05. The number of halogens is 1. The minimum atomic E-state index is -0.947. The Morgan fingerprint density at radius 1 is 1.21 bits per heavy atom. The van der Waals surface area contributed by atoms with Crippen LogP contribution in [-0.4, -0.2) is 21.9 Å². The number of benzene rings is 1. The summed E-state index contributed by atoms with van der Waals surface area (Å²) in [6.45, 7) is 4.03. The number of piperidine rings is 1. The first-order valence-electron chi connectivity index (χ1n) is 9.13. The number of aryl methyl sites for hydroxylation is 2. The number of ketones is 1. The van der Waals surface area contributed by atoms with Gasteiger partial charge in [0.25, 0.3) is 0 Å². The van der Waals surface area contributed by atoms with Crippen molar-refractivity contribution in [1.29, 1.82) is 0 Å². The summed E-state index contributed by atoms with van der Waals surface area (Å²) in [5.74, 6) is -0.370. The van der Waals surface area contributed by atoms with E-state index in [4.69, 9.17) is 0 Å². The van der Waals surface area contributed by atoms with E-state index in [1.165, 1.54) is 23.1 Å². The molecule has 2 unspecified atom stereocenters. The second-order valence-corrected chi connectivity index (χ2v) is 9.90. The van der Waals surface area contributed by atoms with Crippen LogP contribution >= 0.6 is 39.0 Å². The van der Waals surface area contributed by atoms with Gasteiger partial charge in [-0.1, -0.05) is 23.8 Å². The molecule has 0 saturated carbocycles. The van der Waals surface area contributed by atoms with Crippen molar-refractivity contribution in [3.05, 3.63) is 80.2 Å². The number of nitrogens with one attached hydrogen (secondary N) is 1. The standard InChI is InChI=1S/C22H19BrN2O2S2/c1-13-6-7-17(14(2)10-13)29-20-16(26)11-22(25-21(20)27,15-8-9-28-12-15)18-4-3-5-19(23)24-18/h3-10,12,20H,11H2,1-2H3,(H,25,27). The van der Waals surface area contributed by atoms with Gasteiger partial charge in [-0.2, -0.15) is 11.3 Å². The van der Waals surface area contributed by atoms with E-state index in [2.05, 4.69) is 32.3 Å². The normalized spacial score (nSPS) is 21.8. The molecule has 1 saturated heterocycles. The maximum Gasteiger partial charge on any atom is 0.242 e. The molecule has 2 aromatic heterocycles. The van der Waals surface area contributed by atoms with Crippen molar-refractivity contribution in [2.24, 2.45) is 0 Å². The van der Waals surface area contributed by atoms with Crippen LogP contribution < -0.4 is 5.32 Å². The molecule has 1 aromatic carbocycles. The summed E-state index contributed by atoms with van der Waals surface area (Å²) in [4.78, 5) is 31.9. The molecular formula is C22H19BrN2O2S2. The smallest absolute Gasteiger partial charge is 0.242 e.